The van der Waals surface area contributed by atoms with Crippen molar-refractivity contribution in [1.29, 1.82) is 0 Å². The molecule has 1 aliphatic rings. The van der Waals surface area contributed by atoms with Crippen LogP contribution in [0.4, 0.5) is 0 Å². The molecule has 1 rings (SSSR count). The van der Waals surface area contributed by atoms with E-state index in [1.54, 1.807) is 24.4 Å². The van der Waals surface area contributed by atoms with Gasteiger partial charge in [0, 0.05) is 13.2 Å². The Morgan fingerprint density at radius 3 is 3.00 bits per heavy atom. The Kier molecular flexibility index (Phi) is 2.17. The Bertz CT molecular complexity index is 179. The van der Waals surface area contributed by atoms with E-state index in [0.29, 0.717) is 0 Å². The summed E-state index contributed by atoms with van der Waals surface area (Å²) in [6.45, 7) is 0. The summed E-state index contributed by atoms with van der Waals surface area (Å²) >= 11 is 5.72. The molecular weight excluding hydrogens is 152 g/mol. The highest BCUT2D eigenvalue weighted by Gasteiger charge is 2.10. The maximum atomic E-state index is 5.72. The lowest BCUT2D eigenvalue weighted by atomic mass is 10.5. The molecule has 1 aliphatic heterocycles. The average molecular weight is 161 g/mol. The Morgan fingerprint density at radius 1 is 1.80 bits per heavy atom. The van der Waals surface area contributed by atoms with Crippen molar-refractivity contribution < 1.29 is 4.74 Å². The van der Waals surface area contributed by atoms with Gasteiger partial charge in [-0.05, 0) is 0 Å². The lowest BCUT2D eigenvalue weighted by Gasteiger charge is -2.21. The van der Waals surface area contributed by atoms with Gasteiger partial charge in [-0.1, -0.05) is 11.6 Å². The van der Waals surface area contributed by atoms with Crippen molar-refractivity contribution in [2.75, 3.05) is 14.2 Å². The van der Waals surface area contributed by atoms with Crippen LogP contribution in [0.25, 0.3) is 0 Å². The Morgan fingerprint density at radius 2 is 2.50 bits per heavy atom. The number of nitrogens with zero attached hydrogens (tertiary/aromatic N) is 2. The zero-order chi connectivity index (χ0) is 7.56. The molecule has 0 fully saturated rings. The summed E-state index contributed by atoms with van der Waals surface area (Å²) < 4.78 is 4.92. The Hall–Kier alpha value is -0.700. The number of hydrogen-bond acceptors (Lipinski definition) is 3. The van der Waals surface area contributed by atoms with Crippen molar-refractivity contribution >= 4 is 17.8 Å². The van der Waals surface area contributed by atoms with Crippen molar-refractivity contribution in [3.63, 3.8) is 0 Å². The molecule has 1 heterocycles. The normalized spacial score (nSPS) is 24.5. The molecule has 0 saturated heterocycles. The quantitative estimate of drug-likeness (QED) is 0.423. The van der Waals surface area contributed by atoms with Gasteiger partial charge < -0.3 is 9.64 Å². The summed E-state index contributed by atoms with van der Waals surface area (Å²) in [5, 5.41) is 0. The van der Waals surface area contributed by atoms with Crippen molar-refractivity contribution in [3.8, 4) is 0 Å². The topological polar surface area (TPSA) is 24.8 Å². The largest absolute Gasteiger partial charge is 0.494 e. The van der Waals surface area contributed by atoms with Crippen molar-refractivity contribution in [3.05, 3.63) is 12.0 Å². The van der Waals surface area contributed by atoms with E-state index in [1.807, 2.05) is 7.05 Å². The van der Waals surface area contributed by atoms with E-state index < -0.39 is 0 Å². The fourth-order valence-electron chi connectivity index (χ4n) is 0.641. The molecule has 0 radical (unpaired) electrons. The molecule has 0 aromatic carbocycles. The van der Waals surface area contributed by atoms with Crippen LogP contribution in [0.1, 0.15) is 0 Å². The lowest BCUT2D eigenvalue weighted by molar-refractivity contribution is 0.292. The number of aliphatic imine (C=N–C) groups is 1. The number of alkyl halides is 1. The standard InChI is InChI=1S/C6H9ClN2O/c1-9-4-5(10-2)3-8-6(9)7/h3-4,6H,1-2H3. The van der Waals surface area contributed by atoms with Crippen LogP contribution >= 0.6 is 11.6 Å². The van der Waals surface area contributed by atoms with E-state index >= 15 is 0 Å². The molecule has 0 N–H and O–H groups in total. The van der Waals surface area contributed by atoms with E-state index in [-0.39, 0.29) is 5.62 Å². The number of ether oxygens (including phenoxy) is 1. The van der Waals surface area contributed by atoms with Crippen LogP contribution in [0, 0.1) is 0 Å². The van der Waals surface area contributed by atoms with Gasteiger partial charge in [0.25, 0.3) is 0 Å². The van der Waals surface area contributed by atoms with Crippen LogP contribution in [-0.4, -0.2) is 30.9 Å². The monoisotopic (exact) mass is 160 g/mol. The molecule has 56 valence electrons. The van der Waals surface area contributed by atoms with Crippen LogP contribution in [0.5, 0.6) is 0 Å². The van der Waals surface area contributed by atoms with Crippen LogP contribution in [0.15, 0.2) is 17.0 Å². The minimum atomic E-state index is -0.293. The summed E-state index contributed by atoms with van der Waals surface area (Å²) in [5.74, 6) is 0.722. The van der Waals surface area contributed by atoms with E-state index in [4.69, 9.17) is 16.3 Å². The Labute approximate surface area is 64.9 Å². The van der Waals surface area contributed by atoms with E-state index in [2.05, 4.69) is 4.99 Å². The van der Waals surface area contributed by atoms with Gasteiger partial charge in [0.05, 0.1) is 13.3 Å². The van der Waals surface area contributed by atoms with Gasteiger partial charge in [0.1, 0.15) is 0 Å². The maximum absolute atomic E-state index is 5.72. The lowest BCUT2D eigenvalue weighted by Crippen LogP contribution is -2.23. The maximum Gasteiger partial charge on any atom is 0.197 e. The van der Waals surface area contributed by atoms with Gasteiger partial charge >= 0.3 is 0 Å². The van der Waals surface area contributed by atoms with Gasteiger partial charge in [-0.3, -0.25) is 0 Å². The SMILES string of the molecule is COC1=CN(C)C(Cl)N=C1. The summed E-state index contributed by atoms with van der Waals surface area (Å²) in [6, 6.07) is 0. The first kappa shape index (κ1) is 7.41. The second-order valence-corrected chi connectivity index (χ2v) is 2.38. The van der Waals surface area contributed by atoms with Crippen LogP contribution < -0.4 is 0 Å². The minimum absolute atomic E-state index is 0.293. The zero-order valence-corrected chi connectivity index (χ0v) is 6.67. The zero-order valence-electron chi connectivity index (χ0n) is 5.91. The van der Waals surface area contributed by atoms with Gasteiger partial charge in [0.2, 0.25) is 0 Å². The van der Waals surface area contributed by atoms with E-state index in [0.717, 1.165) is 5.76 Å². The molecule has 1 atom stereocenters. The molecule has 0 spiro atoms. The number of methoxy groups -OCH3 is 1. The molecule has 3 nitrogen and oxygen atoms in total. The molecular formula is C6H9ClN2O. The van der Waals surface area contributed by atoms with Crippen molar-refractivity contribution in [2.24, 2.45) is 4.99 Å². The van der Waals surface area contributed by atoms with Crippen LogP contribution in [0.3, 0.4) is 0 Å². The molecule has 0 saturated carbocycles. The predicted molar refractivity (Wildman–Crippen MR) is 41.0 cm³/mol. The van der Waals surface area contributed by atoms with Crippen LogP contribution in [-0.2, 0) is 4.74 Å². The van der Waals surface area contributed by atoms with Crippen molar-refractivity contribution in [1.82, 2.24) is 4.90 Å². The Balaban J connectivity index is 2.66. The molecule has 1 unspecified atom stereocenters. The predicted octanol–water partition coefficient (Wildman–Crippen LogP) is 1.01. The smallest absolute Gasteiger partial charge is 0.197 e. The molecule has 0 aromatic rings. The highest BCUT2D eigenvalue weighted by Crippen LogP contribution is 2.10. The third-order valence-corrected chi connectivity index (χ3v) is 1.65. The van der Waals surface area contributed by atoms with Gasteiger partial charge in [0.15, 0.2) is 11.4 Å². The van der Waals surface area contributed by atoms with Gasteiger partial charge in [-0.2, -0.15) is 0 Å². The molecule has 0 bridgehead atoms. The third kappa shape index (κ3) is 1.42. The van der Waals surface area contributed by atoms with Crippen LogP contribution in [0.2, 0.25) is 0 Å². The summed E-state index contributed by atoms with van der Waals surface area (Å²) in [5.41, 5.74) is -0.293. The number of hydrogen-bond donors (Lipinski definition) is 0. The van der Waals surface area contributed by atoms with E-state index in [9.17, 15) is 0 Å². The molecule has 4 heteroatoms. The summed E-state index contributed by atoms with van der Waals surface area (Å²) in [6.07, 6.45) is 3.41. The number of rotatable bonds is 1. The average Bonchev–Trinajstić information content (AvgIpc) is 1.95. The minimum Gasteiger partial charge on any atom is -0.494 e. The highest BCUT2D eigenvalue weighted by molar-refractivity contribution is 6.20. The summed E-state index contributed by atoms with van der Waals surface area (Å²) in [7, 11) is 3.44. The highest BCUT2D eigenvalue weighted by atomic mass is 35.5. The molecule has 10 heavy (non-hydrogen) atoms. The first-order valence-corrected chi connectivity index (χ1v) is 3.32. The number of halogens is 1. The van der Waals surface area contributed by atoms with Gasteiger partial charge in [-0.15, -0.1) is 0 Å². The molecule has 0 aliphatic carbocycles. The first-order chi connectivity index (χ1) is 4.74. The fraction of sp³-hybridized carbons (Fsp3) is 0.500. The summed E-state index contributed by atoms with van der Waals surface area (Å²) in [4.78, 5) is 5.70. The van der Waals surface area contributed by atoms with E-state index in [1.165, 1.54) is 0 Å². The number of allylic oxidation sites excluding steroid dienone is 1. The third-order valence-electron chi connectivity index (χ3n) is 1.23. The molecule has 0 amide bonds. The second-order valence-electron chi connectivity index (χ2n) is 1.99. The van der Waals surface area contributed by atoms with Gasteiger partial charge in [-0.25, -0.2) is 4.99 Å². The van der Waals surface area contributed by atoms with Crippen molar-refractivity contribution in [2.45, 2.75) is 5.62 Å². The fourth-order valence-corrected chi connectivity index (χ4v) is 0.754. The first-order valence-electron chi connectivity index (χ1n) is 2.89. The second kappa shape index (κ2) is 2.92. The molecule has 0 aromatic heterocycles.